The molecule has 1 aliphatic heterocycles. The highest BCUT2D eigenvalue weighted by Crippen LogP contribution is 2.39. The van der Waals surface area contributed by atoms with Gasteiger partial charge in [0, 0.05) is 23.7 Å². The van der Waals surface area contributed by atoms with E-state index in [1.807, 2.05) is 6.92 Å². The zero-order valence-electron chi connectivity index (χ0n) is 19.7. The molecule has 0 radical (unpaired) electrons. The van der Waals surface area contributed by atoms with E-state index in [2.05, 4.69) is 10.9 Å². The minimum Gasteiger partial charge on any atom is -0.493 e. The molecule has 0 spiro atoms. The van der Waals surface area contributed by atoms with E-state index >= 15 is 0 Å². The molecule has 1 aliphatic rings. The number of hydrogen-bond acceptors (Lipinski definition) is 9. The summed E-state index contributed by atoms with van der Waals surface area (Å²) in [5.41, 5.74) is 7.68. The van der Waals surface area contributed by atoms with Crippen LogP contribution in [0.25, 0.3) is 0 Å². The number of anilines is 3. The van der Waals surface area contributed by atoms with Gasteiger partial charge in [-0.2, -0.15) is 0 Å². The number of sulfonamides is 1. The van der Waals surface area contributed by atoms with Gasteiger partial charge in [-0.25, -0.2) is 8.42 Å². The molecule has 0 atom stereocenters. The van der Waals surface area contributed by atoms with Crippen LogP contribution in [0.4, 0.5) is 16.4 Å². The molecule has 194 valence electrons. The summed E-state index contributed by atoms with van der Waals surface area (Å²) >= 11 is 13.6. The number of nitrogens with zero attached hydrogens (tertiary/aromatic N) is 1. The van der Waals surface area contributed by atoms with Gasteiger partial charge in [0.15, 0.2) is 17.8 Å². The Kier molecular flexibility index (Phi) is 8.38. The molecule has 9 nitrogen and oxygen atoms in total. The molecule has 0 bridgehead atoms. The lowest BCUT2D eigenvalue weighted by Gasteiger charge is -2.21. The molecule has 0 saturated carbocycles. The van der Waals surface area contributed by atoms with E-state index in [0.29, 0.717) is 57.1 Å². The quantitative estimate of drug-likeness (QED) is 0.295. The number of nitrogens with one attached hydrogen (secondary N) is 2. The topological polar surface area (TPSA) is 98.4 Å². The molecule has 2 aromatic carbocycles. The molecule has 13 heteroatoms. The van der Waals surface area contributed by atoms with Crippen LogP contribution in [0.5, 0.6) is 11.5 Å². The number of hydrazine groups is 1. The van der Waals surface area contributed by atoms with Gasteiger partial charge in [-0.05, 0) is 43.3 Å². The SMILES string of the molecule is CCOc1ccc(N(C)S(=O)(=O)c2cc(Cl)sc2NNc2cc(Cl)cc(C3OCCO3)c2)cc1OC. The second-order valence-electron chi connectivity index (χ2n) is 7.58. The fourth-order valence-electron chi connectivity index (χ4n) is 3.54. The third-order valence-electron chi connectivity index (χ3n) is 5.25. The second-order valence-corrected chi connectivity index (χ2v) is 11.6. The van der Waals surface area contributed by atoms with Gasteiger partial charge in [-0.3, -0.25) is 9.73 Å². The Morgan fingerprint density at radius 3 is 2.53 bits per heavy atom. The van der Waals surface area contributed by atoms with Crippen LogP contribution in [-0.2, 0) is 19.5 Å². The van der Waals surface area contributed by atoms with E-state index in [-0.39, 0.29) is 4.90 Å². The van der Waals surface area contributed by atoms with Crippen LogP contribution in [0.3, 0.4) is 0 Å². The van der Waals surface area contributed by atoms with Crippen LogP contribution in [0.1, 0.15) is 18.8 Å². The molecule has 0 aliphatic carbocycles. The average molecular weight is 575 g/mol. The highest BCUT2D eigenvalue weighted by molar-refractivity contribution is 7.93. The lowest BCUT2D eigenvalue weighted by Crippen LogP contribution is -2.27. The summed E-state index contributed by atoms with van der Waals surface area (Å²) in [6, 6.07) is 11.6. The van der Waals surface area contributed by atoms with Crippen molar-refractivity contribution in [3.8, 4) is 11.5 Å². The first-order chi connectivity index (χ1) is 17.2. The number of halogens is 2. The number of hydrogen-bond donors (Lipinski definition) is 2. The summed E-state index contributed by atoms with van der Waals surface area (Å²) in [5, 5.41) is 0.775. The van der Waals surface area contributed by atoms with E-state index in [1.54, 1.807) is 36.4 Å². The fraction of sp³-hybridized carbons (Fsp3) is 0.304. The van der Waals surface area contributed by atoms with Gasteiger partial charge in [0.05, 0.1) is 42.6 Å². The van der Waals surface area contributed by atoms with E-state index in [0.717, 1.165) is 21.2 Å². The molecule has 3 aromatic rings. The number of thiophene rings is 1. The molecule has 36 heavy (non-hydrogen) atoms. The molecule has 1 saturated heterocycles. The van der Waals surface area contributed by atoms with Crippen molar-refractivity contribution < 1.29 is 27.4 Å². The summed E-state index contributed by atoms with van der Waals surface area (Å²) in [7, 11) is -1.04. The number of benzene rings is 2. The Morgan fingerprint density at radius 1 is 1.08 bits per heavy atom. The van der Waals surface area contributed by atoms with E-state index in [1.165, 1.54) is 20.2 Å². The summed E-state index contributed by atoms with van der Waals surface area (Å²) < 4.78 is 50.5. The molecule has 2 N–H and O–H groups in total. The summed E-state index contributed by atoms with van der Waals surface area (Å²) in [6.45, 7) is 3.31. The lowest BCUT2D eigenvalue weighted by molar-refractivity contribution is -0.0440. The van der Waals surface area contributed by atoms with Gasteiger partial charge >= 0.3 is 0 Å². The third kappa shape index (κ3) is 5.77. The maximum atomic E-state index is 13.6. The molecule has 4 rings (SSSR count). The van der Waals surface area contributed by atoms with Crippen LogP contribution in [0.2, 0.25) is 9.36 Å². The van der Waals surface area contributed by atoms with Crippen LogP contribution in [-0.4, -0.2) is 42.4 Å². The number of methoxy groups -OCH3 is 1. The fourth-order valence-corrected chi connectivity index (χ4v) is 6.57. The zero-order chi connectivity index (χ0) is 25.9. The van der Waals surface area contributed by atoms with Gasteiger partial charge in [0.2, 0.25) is 0 Å². The minimum atomic E-state index is -3.99. The first kappa shape index (κ1) is 26.6. The Bertz CT molecular complexity index is 1330. The first-order valence-electron chi connectivity index (χ1n) is 10.9. The number of rotatable bonds is 10. The average Bonchev–Trinajstić information content (AvgIpc) is 3.52. The highest BCUT2D eigenvalue weighted by atomic mass is 35.5. The standard InChI is InChI=1S/C23H25Cl2N3O6S2/c1-4-32-18-6-5-17(12-19(18)31-3)28(2)36(29,30)20-13-21(25)35-22(20)27-26-16-10-14(9-15(24)11-16)23-33-7-8-34-23/h5-6,9-13,23,26-27H,4,7-8H2,1-3H3. The van der Waals surface area contributed by atoms with Crippen LogP contribution in [0.15, 0.2) is 47.4 Å². The molecular weight excluding hydrogens is 549 g/mol. The molecule has 1 aromatic heterocycles. The number of ether oxygens (including phenoxy) is 4. The molecule has 0 amide bonds. The molecular formula is C23H25Cl2N3O6S2. The largest absolute Gasteiger partial charge is 0.493 e. The molecule has 1 fully saturated rings. The summed E-state index contributed by atoms with van der Waals surface area (Å²) in [4.78, 5) is 0.00469. The van der Waals surface area contributed by atoms with E-state index in [4.69, 9.17) is 42.1 Å². The Balaban J connectivity index is 1.57. The van der Waals surface area contributed by atoms with Gasteiger partial charge in [-0.1, -0.05) is 23.2 Å². The van der Waals surface area contributed by atoms with Crippen molar-refractivity contribution in [1.29, 1.82) is 0 Å². The van der Waals surface area contributed by atoms with Crippen molar-refractivity contribution >= 4 is 60.9 Å². The van der Waals surface area contributed by atoms with Crippen molar-refractivity contribution in [2.75, 3.05) is 49.1 Å². The van der Waals surface area contributed by atoms with E-state index in [9.17, 15) is 8.42 Å². The predicted molar refractivity (Wildman–Crippen MR) is 142 cm³/mol. The first-order valence-corrected chi connectivity index (χ1v) is 13.9. The smallest absolute Gasteiger partial charge is 0.267 e. The summed E-state index contributed by atoms with van der Waals surface area (Å²) in [6.07, 6.45) is -0.504. The van der Waals surface area contributed by atoms with Crippen molar-refractivity contribution in [3.63, 3.8) is 0 Å². The van der Waals surface area contributed by atoms with Gasteiger partial charge in [0.25, 0.3) is 10.0 Å². The van der Waals surface area contributed by atoms with Crippen molar-refractivity contribution in [2.24, 2.45) is 0 Å². The predicted octanol–water partition coefficient (Wildman–Crippen LogP) is 5.77. The second kappa shape index (κ2) is 11.3. The Labute approximate surface area is 223 Å². The van der Waals surface area contributed by atoms with Crippen LogP contribution in [0, 0.1) is 0 Å². The van der Waals surface area contributed by atoms with Gasteiger partial charge in [-0.15, -0.1) is 11.3 Å². The minimum absolute atomic E-state index is 0.00469. The molecule has 0 unspecified atom stereocenters. The maximum Gasteiger partial charge on any atom is 0.267 e. The Morgan fingerprint density at radius 2 is 1.83 bits per heavy atom. The Hall–Kier alpha value is -2.41. The van der Waals surface area contributed by atoms with Crippen molar-refractivity contribution in [2.45, 2.75) is 18.1 Å². The monoisotopic (exact) mass is 573 g/mol. The zero-order valence-corrected chi connectivity index (χ0v) is 22.9. The van der Waals surface area contributed by atoms with Gasteiger partial charge in [0.1, 0.15) is 9.90 Å². The van der Waals surface area contributed by atoms with Crippen LogP contribution >= 0.6 is 34.5 Å². The van der Waals surface area contributed by atoms with E-state index < -0.39 is 16.3 Å². The molecule has 2 heterocycles. The lowest BCUT2D eigenvalue weighted by atomic mass is 10.2. The maximum absolute atomic E-state index is 13.6. The van der Waals surface area contributed by atoms with Crippen LogP contribution < -0.4 is 24.6 Å². The highest BCUT2D eigenvalue weighted by Gasteiger charge is 2.28. The summed E-state index contributed by atoms with van der Waals surface area (Å²) in [5.74, 6) is 0.945. The van der Waals surface area contributed by atoms with Crippen molar-refractivity contribution in [3.05, 3.63) is 57.4 Å². The van der Waals surface area contributed by atoms with Gasteiger partial charge < -0.3 is 24.4 Å². The third-order valence-corrected chi connectivity index (χ3v) is 8.59. The van der Waals surface area contributed by atoms with Crippen molar-refractivity contribution in [1.82, 2.24) is 0 Å². The normalized spacial score (nSPS) is 14.0.